The molecule has 0 aliphatic carbocycles. The summed E-state index contributed by atoms with van der Waals surface area (Å²) in [5.41, 5.74) is 2.24. The third-order valence-electron chi connectivity index (χ3n) is 7.69. The van der Waals surface area contributed by atoms with Gasteiger partial charge in [0.25, 0.3) is 11.8 Å². The monoisotopic (exact) mass is 555 g/mol. The summed E-state index contributed by atoms with van der Waals surface area (Å²) in [6.07, 6.45) is 1.68. The number of nitrogens with zero attached hydrogens (tertiary/aromatic N) is 3. The number of aromatic nitrogens is 1. The minimum Gasteiger partial charge on any atom is -0.392 e. The summed E-state index contributed by atoms with van der Waals surface area (Å²) in [6, 6.07) is 16.8. The summed E-state index contributed by atoms with van der Waals surface area (Å²) >= 11 is 12.0. The maximum absolute atomic E-state index is 13.5. The molecule has 2 aliphatic rings. The van der Waals surface area contributed by atoms with Crippen molar-refractivity contribution in [1.29, 1.82) is 0 Å². The molecule has 38 heavy (non-hydrogen) atoms. The van der Waals surface area contributed by atoms with Crippen LogP contribution in [0.15, 0.2) is 60.7 Å². The fourth-order valence-corrected chi connectivity index (χ4v) is 6.01. The minimum absolute atomic E-state index is 0.0755. The van der Waals surface area contributed by atoms with Crippen molar-refractivity contribution in [1.82, 2.24) is 14.8 Å². The molecule has 2 amide bonds. The van der Waals surface area contributed by atoms with Crippen LogP contribution in [0.2, 0.25) is 10.2 Å². The largest absolute Gasteiger partial charge is 0.392 e. The van der Waals surface area contributed by atoms with E-state index in [0.717, 1.165) is 11.1 Å². The first-order valence-electron chi connectivity index (χ1n) is 12.7. The predicted octanol–water partition coefficient (Wildman–Crippen LogP) is 5.25. The Bertz CT molecular complexity index is 1320. The average Bonchev–Trinajstić information content (AvgIpc) is 2.91. The van der Waals surface area contributed by atoms with Crippen LogP contribution in [0, 0.1) is 11.2 Å². The number of pyridine rings is 1. The molecule has 2 aliphatic heterocycles. The number of benzene rings is 2. The van der Waals surface area contributed by atoms with Gasteiger partial charge < -0.3 is 14.9 Å². The van der Waals surface area contributed by atoms with Gasteiger partial charge in [-0.2, -0.15) is 0 Å². The highest BCUT2D eigenvalue weighted by atomic mass is 35.5. The van der Waals surface area contributed by atoms with Crippen molar-refractivity contribution < 1.29 is 19.1 Å². The minimum atomic E-state index is -0.549. The third kappa shape index (κ3) is 5.70. The van der Waals surface area contributed by atoms with Gasteiger partial charge in [-0.25, -0.2) is 9.37 Å². The van der Waals surface area contributed by atoms with E-state index in [1.54, 1.807) is 23.1 Å². The molecule has 0 saturated carbocycles. The fourth-order valence-electron chi connectivity index (χ4n) is 5.54. The van der Waals surface area contributed by atoms with Crippen molar-refractivity contribution in [3.63, 3.8) is 0 Å². The van der Waals surface area contributed by atoms with Crippen LogP contribution in [0.4, 0.5) is 4.39 Å². The molecule has 5 rings (SSSR count). The molecule has 2 fully saturated rings. The zero-order valence-electron chi connectivity index (χ0n) is 20.7. The Morgan fingerprint density at radius 1 is 0.947 bits per heavy atom. The van der Waals surface area contributed by atoms with Crippen LogP contribution in [0.3, 0.4) is 0 Å². The highest BCUT2D eigenvalue weighted by Crippen LogP contribution is 2.41. The van der Waals surface area contributed by atoms with Crippen LogP contribution in [-0.4, -0.2) is 64.0 Å². The van der Waals surface area contributed by atoms with E-state index in [1.165, 1.54) is 24.3 Å². The van der Waals surface area contributed by atoms with Crippen molar-refractivity contribution in [2.75, 3.05) is 26.2 Å². The molecule has 1 unspecified atom stereocenters. The second kappa shape index (κ2) is 11.0. The first kappa shape index (κ1) is 26.6. The topological polar surface area (TPSA) is 73.7 Å². The summed E-state index contributed by atoms with van der Waals surface area (Å²) in [6.45, 7) is 1.78. The molecule has 0 bridgehead atoms. The number of aliphatic hydroxyl groups excluding tert-OH is 1. The summed E-state index contributed by atoms with van der Waals surface area (Å²) in [5, 5.41) is 11.5. The van der Waals surface area contributed by atoms with Gasteiger partial charge in [0.1, 0.15) is 16.7 Å². The van der Waals surface area contributed by atoms with Crippen molar-refractivity contribution in [2.45, 2.75) is 31.8 Å². The Labute approximate surface area is 231 Å². The van der Waals surface area contributed by atoms with Crippen molar-refractivity contribution in [3.05, 3.63) is 99.0 Å². The predicted molar refractivity (Wildman–Crippen MR) is 144 cm³/mol. The maximum Gasteiger partial charge on any atom is 0.272 e. The van der Waals surface area contributed by atoms with Gasteiger partial charge in [-0.05, 0) is 73.2 Å². The smallest absolute Gasteiger partial charge is 0.272 e. The molecule has 1 spiro atoms. The number of halogens is 3. The standard InChI is InChI=1S/C29H28Cl2FN3O3/c30-22-16-24(33-26(31)17-22)28(38)34-12-9-29(10-13-34)18-35(11-8-25(29)36)27(37)21-3-1-2-20(15-21)14-19-4-6-23(32)7-5-19/h1-7,15-17,25,36H,8-14,18H2. The van der Waals surface area contributed by atoms with E-state index >= 15 is 0 Å². The van der Waals surface area contributed by atoms with E-state index < -0.39 is 11.5 Å². The fraction of sp³-hybridized carbons (Fsp3) is 0.345. The maximum atomic E-state index is 13.5. The summed E-state index contributed by atoms with van der Waals surface area (Å²) in [7, 11) is 0. The normalized spacial score (nSPS) is 19.0. The molecule has 2 aromatic carbocycles. The van der Waals surface area contributed by atoms with Gasteiger partial charge in [0.15, 0.2) is 0 Å². The van der Waals surface area contributed by atoms with Gasteiger partial charge in [-0.15, -0.1) is 0 Å². The Balaban J connectivity index is 1.26. The zero-order chi connectivity index (χ0) is 26.9. The number of hydrogen-bond acceptors (Lipinski definition) is 4. The first-order valence-corrected chi connectivity index (χ1v) is 13.4. The van der Waals surface area contributed by atoms with Crippen molar-refractivity contribution in [3.8, 4) is 0 Å². The van der Waals surface area contributed by atoms with Crippen LogP contribution < -0.4 is 0 Å². The second-order valence-corrected chi connectivity index (χ2v) is 11.0. The highest BCUT2D eigenvalue weighted by molar-refractivity contribution is 6.34. The number of piperidine rings is 2. The Hall–Kier alpha value is -3.00. The van der Waals surface area contributed by atoms with E-state index in [-0.39, 0.29) is 28.5 Å². The molecule has 1 aromatic heterocycles. The highest BCUT2D eigenvalue weighted by Gasteiger charge is 2.46. The zero-order valence-corrected chi connectivity index (χ0v) is 22.3. The van der Waals surface area contributed by atoms with Crippen LogP contribution in [-0.2, 0) is 6.42 Å². The number of likely N-dealkylation sites (tertiary alicyclic amines) is 2. The van der Waals surface area contributed by atoms with E-state index in [9.17, 15) is 19.1 Å². The quantitative estimate of drug-likeness (QED) is 0.446. The summed E-state index contributed by atoms with van der Waals surface area (Å²) in [4.78, 5) is 34.1. The number of carbonyl (C=O) groups is 2. The molecular formula is C29H28Cl2FN3O3. The molecule has 1 N–H and O–H groups in total. The Morgan fingerprint density at radius 2 is 1.68 bits per heavy atom. The van der Waals surface area contributed by atoms with Crippen molar-refractivity contribution in [2.24, 2.45) is 5.41 Å². The lowest BCUT2D eigenvalue weighted by atomic mass is 9.70. The van der Waals surface area contributed by atoms with Crippen molar-refractivity contribution >= 4 is 35.0 Å². The average molecular weight is 556 g/mol. The van der Waals surface area contributed by atoms with Gasteiger partial charge in [-0.3, -0.25) is 9.59 Å². The van der Waals surface area contributed by atoms with E-state index in [4.69, 9.17) is 23.2 Å². The van der Waals surface area contributed by atoms with Crippen LogP contribution in [0.5, 0.6) is 0 Å². The van der Waals surface area contributed by atoms with Crippen LogP contribution in [0.1, 0.15) is 51.2 Å². The molecule has 1 atom stereocenters. The molecular weight excluding hydrogens is 528 g/mol. The van der Waals surface area contributed by atoms with Crippen LogP contribution >= 0.6 is 23.2 Å². The molecule has 9 heteroatoms. The lowest BCUT2D eigenvalue weighted by molar-refractivity contribution is -0.0676. The first-order chi connectivity index (χ1) is 18.2. The Morgan fingerprint density at radius 3 is 2.39 bits per heavy atom. The van der Waals surface area contributed by atoms with Gasteiger partial charge >= 0.3 is 0 Å². The van der Waals surface area contributed by atoms with E-state index in [0.29, 0.717) is 62.4 Å². The van der Waals surface area contributed by atoms with Crippen LogP contribution in [0.25, 0.3) is 0 Å². The third-order valence-corrected chi connectivity index (χ3v) is 8.10. The lowest BCUT2D eigenvalue weighted by Crippen LogP contribution is -2.58. The van der Waals surface area contributed by atoms with Gasteiger partial charge in [0, 0.05) is 42.2 Å². The Kier molecular flexibility index (Phi) is 7.70. The van der Waals surface area contributed by atoms with E-state index in [1.807, 2.05) is 23.1 Å². The molecule has 198 valence electrons. The SMILES string of the molecule is O=C(c1cccc(Cc2ccc(F)cc2)c1)N1CCC(O)C2(CCN(C(=O)c3cc(Cl)cc(Cl)n3)CC2)C1. The molecule has 2 saturated heterocycles. The van der Waals surface area contributed by atoms with Gasteiger partial charge in [0.2, 0.25) is 0 Å². The second-order valence-electron chi connectivity index (χ2n) is 10.2. The molecule has 3 aromatic rings. The van der Waals surface area contributed by atoms with Gasteiger partial charge in [0.05, 0.1) is 6.10 Å². The lowest BCUT2D eigenvalue weighted by Gasteiger charge is -2.50. The number of aliphatic hydroxyl groups is 1. The van der Waals surface area contributed by atoms with E-state index in [2.05, 4.69) is 4.98 Å². The molecule has 6 nitrogen and oxygen atoms in total. The number of hydrogen-bond donors (Lipinski definition) is 1. The number of amides is 2. The molecule has 0 radical (unpaired) electrons. The number of rotatable bonds is 4. The summed E-state index contributed by atoms with van der Waals surface area (Å²) in [5.74, 6) is -0.603. The summed E-state index contributed by atoms with van der Waals surface area (Å²) < 4.78 is 13.2. The molecule has 3 heterocycles. The number of carbonyl (C=O) groups excluding carboxylic acids is 2. The van der Waals surface area contributed by atoms with Gasteiger partial charge in [-0.1, -0.05) is 47.5 Å².